The molecule has 0 aliphatic carbocycles. The van der Waals surface area contributed by atoms with Crippen molar-refractivity contribution in [2.45, 2.75) is 65.6 Å². The molecule has 0 spiro atoms. The van der Waals surface area contributed by atoms with E-state index in [0.29, 0.717) is 13.0 Å². The van der Waals surface area contributed by atoms with Gasteiger partial charge in [-0.1, -0.05) is 18.5 Å². The van der Waals surface area contributed by atoms with E-state index in [4.69, 9.17) is 16.3 Å². The van der Waals surface area contributed by atoms with Crippen LogP contribution in [0.1, 0.15) is 56.2 Å². The lowest BCUT2D eigenvalue weighted by Gasteiger charge is -2.26. The van der Waals surface area contributed by atoms with E-state index in [9.17, 15) is 10.2 Å². The third kappa shape index (κ3) is 4.35. The summed E-state index contributed by atoms with van der Waals surface area (Å²) in [6, 6.07) is 1.96. The molecule has 0 amide bonds. The summed E-state index contributed by atoms with van der Waals surface area (Å²) in [6.45, 7) is 10.2. The Hall–Kier alpha value is -0.770. The normalized spacial score (nSPS) is 15.6. The predicted molar refractivity (Wildman–Crippen MR) is 87.4 cm³/mol. The van der Waals surface area contributed by atoms with E-state index in [1.54, 1.807) is 6.92 Å². The average Bonchev–Trinajstić information content (AvgIpc) is 2.43. The summed E-state index contributed by atoms with van der Waals surface area (Å²) in [7, 11) is 0. The van der Waals surface area contributed by atoms with Crippen molar-refractivity contribution in [2.75, 3.05) is 6.61 Å². The molecule has 0 fully saturated rings. The average molecular weight is 315 g/mol. The van der Waals surface area contributed by atoms with E-state index >= 15 is 0 Å². The molecule has 0 heterocycles. The van der Waals surface area contributed by atoms with Gasteiger partial charge >= 0.3 is 0 Å². The first-order valence-corrected chi connectivity index (χ1v) is 7.99. The van der Waals surface area contributed by atoms with E-state index in [0.717, 1.165) is 33.9 Å². The number of aryl methyl sites for hydroxylation is 1. The maximum atomic E-state index is 10.0. The van der Waals surface area contributed by atoms with Gasteiger partial charge in [0.05, 0.1) is 18.8 Å². The van der Waals surface area contributed by atoms with Crippen LogP contribution in [0.5, 0.6) is 5.75 Å². The first-order chi connectivity index (χ1) is 9.83. The lowest BCUT2D eigenvalue weighted by molar-refractivity contribution is 0.0213. The molecule has 4 heteroatoms. The Labute approximate surface area is 132 Å². The van der Waals surface area contributed by atoms with Crippen molar-refractivity contribution >= 4 is 11.6 Å². The number of halogens is 1. The van der Waals surface area contributed by atoms with Gasteiger partial charge in [0.25, 0.3) is 0 Å². The largest absolute Gasteiger partial charge is 0.494 e. The van der Waals surface area contributed by atoms with Gasteiger partial charge in [0.15, 0.2) is 0 Å². The summed E-state index contributed by atoms with van der Waals surface area (Å²) < 4.78 is 5.78. The highest BCUT2D eigenvalue weighted by Crippen LogP contribution is 2.40. The van der Waals surface area contributed by atoms with Crippen LogP contribution in [0.4, 0.5) is 0 Å². The fraction of sp³-hybridized carbons (Fsp3) is 0.647. The second kappa shape index (κ2) is 8.02. The molecule has 0 aromatic heterocycles. The van der Waals surface area contributed by atoms with Crippen molar-refractivity contribution < 1.29 is 14.9 Å². The zero-order valence-electron chi connectivity index (χ0n) is 13.6. The molecular formula is C17H27ClO3. The Morgan fingerprint density at radius 2 is 1.86 bits per heavy atom. The van der Waals surface area contributed by atoms with E-state index < -0.39 is 12.2 Å². The van der Waals surface area contributed by atoms with Gasteiger partial charge in [0.2, 0.25) is 0 Å². The first-order valence-electron chi connectivity index (χ1n) is 7.61. The van der Waals surface area contributed by atoms with Gasteiger partial charge in [-0.2, -0.15) is 0 Å². The standard InChI is InChI=1S/C17H27ClO3/c1-6-13(9-14(20)12(5)19)16-11(4)17(18)10(3)8-15(16)21-7-2/h8,12-14,19-20H,6-7,9H2,1-5H3. The van der Waals surface area contributed by atoms with Crippen LogP contribution in [0.25, 0.3) is 0 Å². The van der Waals surface area contributed by atoms with Crippen molar-refractivity contribution in [3.05, 3.63) is 27.8 Å². The molecule has 3 nitrogen and oxygen atoms in total. The Bertz CT molecular complexity index is 472. The van der Waals surface area contributed by atoms with E-state index in [1.807, 2.05) is 26.8 Å². The third-order valence-electron chi connectivity index (χ3n) is 3.98. The molecule has 21 heavy (non-hydrogen) atoms. The minimum absolute atomic E-state index is 0.106. The highest BCUT2D eigenvalue weighted by atomic mass is 35.5. The van der Waals surface area contributed by atoms with Crippen LogP contribution in [0.2, 0.25) is 5.02 Å². The predicted octanol–water partition coefficient (Wildman–Crippen LogP) is 3.98. The molecule has 3 unspecified atom stereocenters. The molecule has 1 aromatic carbocycles. The molecule has 0 aliphatic heterocycles. The highest BCUT2D eigenvalue weighted by Gasteiger charge is 2.24. The Balaban J connectivity index is 3.26. The monoisotopic (exact) mass is 314 g/mol. The zero-order chi connectivity index (χ0) is 16.2. The van der Waals surface area contributed by atoms with E-state index in [1.165, 1.54) is 0 Å². The van der Waals surface area contributed by atoms with Gasteiger partial charge in [-0.25, -0.2) is 0 Å². The molecule has 1 rings (SSSR count). The van der Waals surface area contributed by atoms with Crippen molar-refractivity contribution in [2.24, 2.45) is 0 Å². The van der Waals surface area contributed by atoms with Gasteiger partial charge in [0.1, 0.15) is 5.75 Å². The third-order valence-corrected chi connectivity index (χ3v) is 4.56. The van der Waals surface area contributed by atoms with Gasteiger partial charge < -0.3 is 14.9 Å². The quantitative estimate of drug-likeness (QED) is 0.800. The van der Waals surface area contributed by atoms with Crippen molar-refractivity contribution in [1.29, 1.82) is 0 Å². The summed E-state index contributed by atoms with van der Waals surface area (Å²) in [5, 5.41) is 20.3. The molecule has 2 N–H and O–H groups in total. The lowest BCUT2D eigenvalue weighted by Crippen LogP contribution is -2.25. The minimum atomic E-state index is -0.746. The topological polar surface area (TPSA) is 49.7 Å². The van der Waals surface area contributed by atoms with Crippen LogP contribution >= 0.6 is 11.6 Å². The van der Waals surface area contributed by atoms with E-state index in [-0.39, 0.29) is 5.92 Å². The number of rotatable bonds is 7. The minimum Gasteiger partial charge on any atom is -0.494 e. The lowest BCUT2D eigenvalue weighted by atomic mass is 9.85. The molecule has 0 saturated heterocycles. The maximum Gasteiger partial charge on any atom is 0.123 e. The number of hydrogen-bond acceptors (Lipinski definition) is 3. The fourth-order valence-electron chi connectivity index (χ4n) is 2.70. The molecule has 3 atom stereocenters. The van der Waals surface area contributed by atoms with Crippen LogP contribution in [0.3, 0.4) is 0 Å². The van der Waals surface area contributed by atoms with Crippen molar-refractivity contribution in [3.8, 4) is 5.75 Å². The smallest absolute Gasteiger partial charge is 0.123 e. The molecule has 120 valence electrons. The van der Waals surface area contributed by atoms with Gasteiger partial charge in [-0.15, -0.1) is 0 Å². The SMILES string of the molecule is CCOc1cc(C)c(Cl)c(C)c1C(CC)CC(O)C(C)O. The number of hydrogen-bond donors (Lipinski definition) is 2. The molecule has 0 radical (unpaired) electrons. The number of ether oxygens (including phenoxy) is 1. The van der Waals surface area contributed by atoms with E-state index in [2.05, 4.69) is 6.92 Å². The molecule has 0 saturated carbocycles. The van der Waals surface area contributed by atoms with Gasteiger partial charge in [-0.3, -0.25) is 0 Å². The number of benzene rings is 1. The first kappa shape index (κ1) is 18.3. The Morgan fingerprint density at radius 3 is 2.33 bits per heavy atom. The number of aliphatic hydroxyl groups is 2. The molecular weight excluding hydrogens is 288 g/mol. The summed E-state index contributed by atoms with van der Waals surface area (Å²) in [6.07, 6.45) is -0.141. The van der Waals surface area contributed by atoms with Crippen molar-refractivity contribution in [1.82, 2.24) is 0 Å². The van der Waals surface area contributed by atoms with Crippen LogP contribution < -0.4 is 4.74 Å². The highest BCUT2D eigenvalue weighted by molar-refractivity contribution is 6.32. The number of aliphatic hydroxyl groups excluding tert-OH is 2. The second-order valence-electron chi connectivity index (χ2n) is 5.63. The molecule has 0 aliphatic rings. The van der Waals surface area contributed by atoms with Gasteiger partial charge in [0, 0.05) is 10.6 Å². The fourth-order valence-corrected chi connectivity index (χ4v) is 2.85. The summed E-state index contributed by atoms with van der Waals surface area (Å²) >= 11 is 6.39. The Morgan fingerprint density at radius 1 is 1.24 bits per heavy atom. The van der Waals surface area contributed by atoms with Crippen molar-refractivity contribution in [3.63, 3.8) is 0 Å². The zero-order valence-corrected chi connectivity index (χ0v) is 14.4. The summed E-state index contributed by atoms with van der Waals surface area (Å²) in [5.41, 5.74) is 3.05. The summed E-state index contributed by atoms with van der Waals surface area (Å²) in [4.78, 5) is 0. The Kier molecular flexibility index (Phi) is 6.98. The van der Waals surface area contributed by atoms with Crippen LogP contribution in [0, 0.1) is 13.8 Å². The maximum absolute atomic E-state index is 10.0. The summed E-state index contributed by atoms with van der Waals surface area (Å²) in [5.74, 6) is 0.941. The molecule has 0 bridgehead atoms. The second-order valence-corrected chi connectivity index (χ2v) is 6.00. The molecule has 1 aromatic rings. The van der Waals surface area contributed by atoms with Crippen LogP contribution in [-0.2, 0) is 0 Å². The van der Waals surface area contributed by atoms with Crippen LogP contribution in [-0.4, -0.2) is 29.0 Å². The van der Waals surface area contributed by atoms with Gasteiger partial charge in [-0.05, 0) is 63.6 Å². The van der Waals surface area contributed by atoms with Crippen LogP contribution in [0.15, 0.2) is 6.07 Å².